The second-order valence-electron chi connectivity index (χ2n) is 2.46. The van der Waals surface area contributed by atoms with E-state index in [2.05, 4.69) is 0 Å². The highest BCUT2D eigenvalue weighted by molar-refractivity contribution is 6.34. The van der Waals surface area contributed by atoms with Gasteiger partial charge in [-0.2, -0.15) is 0 Å². The van der Waals surface area contributed by atoms with Crippen LogP contribution >= 0.6 is 23.2 Å². The van der Waals surface area contributed by atoms with E-state index in [0.29, 0.717) is 0 Å². The van der Waals surface area contributed by atoms with Crippen molar-refractivity contribution in [3.05, 3.63) is 34.6 Å². The molecule has 0 N–H and O–H groups in total. The smallest absolute Gasteiger partial charge is 0.168 e. The average Bonchev–Trinajstić information content (AvgIpc) is 2.04. The van der Waals surface area contributed by atoms with Crippen LogP contribution in [0.25, 0.3) is 0 Å². The number of ketones is 1. The first-order valence-electron chi connectivity index (χ1n) is 3.70. The van der Waals surface area contributed by atoms with Crippen LogP contribution in [0.3, 0.4) is 0 Å². The largest absolute Gasteiger partial charge is 0.294 e. The molecule has 13 heavy (non-hydrogen) atoms. The van der Waals surface area contributed by atoms with Gasteiger partial charge in [-0.15, -0.1) is 11.6 Å². The van der Waals surface area contributed by atoms with Crippen LogP contribution in [0.1, 0.15) is 16.8 Å². The van der Waals surface area contributed by atoms with Gasteiger partial charge in [0.15, 0.2) is 5.78 Å². The number of rotatable bonds is 3. The SMILES string of the molecule is O=C(CCCl)c1c(F)cccc1Cl. The van der Waals surface area contributed by atoms with Crippen molar-refractivity contribution in [3.63, 3.8) is 0 Å². The summed E-state index contributed by atoms with van der Waals surface area (Å²) in [5, 5.41) is 0.134. The Morgan fingerprint density at radius 1 is 1.46 bits per heavy atom. The summed E-state index contributed by atoms with van der Waals surface area (Å²) in [5.74, 6) is -0.788. The zero-order valence-electron chi connectivity index (χ0n) is 6.69. The summed E-state index contributed by atoms with van der Waals surface area (Å²) in [5.41, 5.74) is -0.0650. The van der Waals surface area contributed by atoms with Gasteiger partial charge in [-0.25, -0.2) is 4.39 Å². The first kappa shape index (κ1) is 10.5. The van der Waals surface area contributed by atoms with Gasteiger partial charge in [0.2, 0.25) is 0 Å². The summed E-state index contributed by atoms with van der Waals surface area (Å²) in [4.78, 5) is 11.3. The molecule has 0 bridgehead atoms. The molecule has 0 aliphatic rings. The molecular weight excluding hydrogens is 214 g/mol. The van der Waals surface area contributed by atoms with Gasteiger partial charge in [0, 0.05) is 12.3 Å². The highest BCUT2D eigenvalue weighted by Gasteiger charge is 2.14. The lowest BCUT2D eigenvalue weighted by atomic mass is 10.1. The topological polar surface area (TPSA) is 17.1 Å². The van der Waals surface area contributed by atoms with E-state index < -0.39 is 5.82 Å². The first-order chi connectivity index (χ1) is 6.16. The molecule has 1 aromatic carbocycles. The zero-order chi connectivity index (χ0) is 9.84. The van der Waals surface area contributed by atoms with Crippen molar-refractivity contribution >= 4 is 29.0 Å². The van der Waals surface area contributed by atoms with Crippen LogP contribution in [0, 0.1) is 5.82 Å². The van der Waals surface area contributed by atoms with Gasteiger partial charge in [-0.05, 0) is 12.1 Å². The van der Waals surface area contributed by atoms with Crippen molar-refractivity contribution in [3.8, 4) is 0 Å². The van der Waals surface area contributed by atoms with Gasteiger partial charge in [-0.1, -0.05) is 17.7 Å². The maximum Gasteiger partial charge on any atom is 0.168 e. The minimum atomic E-state index is -0.595. The van der Waals surface area contributed by atoms with Crippen molar-refractivity contribution in [2.75, 3.05) is 5.88 Å². The number of hydrogen-bond donors (Lipinski definition) is 0. The molecule has 0 amide bonds. The number of carbonyl (C=O) groups is 1. The van der Waals surface area contributed by atoms with Gasteiger partial charge in [-0.3, -0.25) is 4.79 Å². The fraction of sp³-hybridized carbons (Fsp3) is 0.222. The molecule has 0 heterocycles. The summed E-state index contributed by atoms with van der Waals surface area (Å²) < 4.78 is 13.1. The lowest BCUT2D eigenvalue weighted by Crippen LogP contribution is -2.03. The van der Waals surface area contributed by atoms with Crippen LogP contribution in [0.4, 0.5) is 4.39 Å². The third-order valence-corrected chi connectivity index (χ3v) is 2.07. The monoisotopic (exact) mass is 220 g/mol. The van der Waals surface area contributed by atoms with E-state index in [9.17, 15) is 9.18 Å². The minimum Gasteiger partial charge on any atom is -0.294 e. The van der Waals surface area contributed by atoms with Gasteiger partial charge >= 0.3 is 0 Å². The Labute approximate surface area is 85.5 Å². The molecule has 1 rings (SSSR count). The van der Waals surface area contributed by atoms with Gasteiger partial charge in [0.05, 0.1) is 10.6 Å². The van der Waals surface area contributed by atoms with Crippen molar-refractivity contribution in [2.24, 2.45) is 0 Å². The summed E-state index contributed by atoms with van der Waals surface area (Å²) in [7, 11) is 0. The molecule has 0 radical (unpaired) electrons. The van der Waals surface area contributed by atoms with Crippen molar-refractivity contribution in [1.82, 2.24) is 0 Å². The summed E-state index contributed by atoms with van der Waals surface area (Å²) in [6, 6.07) is 4.13. The molecule has 0 saturated carbocycles. The molecule has 0 aromatic heterocycles. The highest BCUT2D eigenvalue weighted by atomic mass is 35.5. The van der Waals surface area contributed by atoms with E-state index in [1.807, 2.05) is 0 Å². The van der Waals surface area contributed by atoms with Gasteiger partial charge in [0.25, 0.3) is 0 Å². The fourth-order valence-corrected chi connectivity index (χ4v) is 1.42. The number of alkyl halides is 1. The standard InChI is InChI=1S/C9H7Cl2FO/c10-5-4-8(13)9-6(11)2-1-3-7(9)12/h1-3H,4-5H2. The Hall–Kier alpha value is -0.600. The Balaban J connectivity index is 3.05. The molecule has 0 atom stereocenters. The van der Waals surface area contributed by atoms with Crippen LogP contribution < -0.4 is 0 Å². The third kappa shape index (κ3) is 2.42. The first-order valence-corrected chi connectivity index (χ1v) is 4.61. The van der Waals surface area contributed by atoms with Crippen LogP contribution in [0.2, 0.25) is 5.02 Å². The highest BCUT2D eigenvalue weighted by Crippen LogP contribution is 2.20. The lowest BCUT2D eigenvalue weighted by Gasteiger charge is -2.02. The van der Waals surface area contributed by atoms with E-state index in [1.165, 1.54) is 18.2 Å². The summed E-state index contributed by atoms with van der Waals surface area (Å²) >= 11 is 11.0. The fourth-order valence-electron chi connectivity index (χ4n) is 0.975. The Bertz CT molecular complexity index is 305. The van der Waals surface area contributed by atoms with Gasteiger partial charge in [0.1, 0.15) is 5.82 Å². The van der Waals surface area contributed by atoms with Crippen molar-refractivity contribution in [2.45, 2.75) is 6.42 Å². The number of Topliss-reactive ketones (excluding diaryl/α,β-unsaturated/α-hetero) is 1. The number of benzene rings is 1. The number of hydrogen-bond acceptors (Lipinski definition) is 1. The molecule has 1 nitrogen and oxygen atoms in total. The average molecular weight is 221 g/mol. The van der Waals surface area contributed by atoms with E-state index in [0.717, 1.165) is 0 Å². The predicted octanol–water partition coefficient (Wildman–Crippen LogP) is 3.29. The van der Waals surface area contributed by atoms with Crippen LogP contribution in [0.15, 0.2) is 18.2 Å². The molecule has 0 aliphatic carbocycles. The molecule has 0 saturated heterocycles. The third-order valence-electron chi connectivity index (χ3n) is 1.56. The van der Waals surface area contributed by atoms with E-state index in [-0.39, 0.29) is 28.7 Å². The van der Waals surface area contributed by atoms with Gasteiger partial charge < -0.3 is 0 Å². The Morgan fingerprint density at radius 2 is 2.15 bits per heavy atom. The molecule has 0 aliphatic heterocycles. The van der Waals surface area contributed by atoms with Crippen LogP contribution in [-0.2, 0) is 0 Å². The number of carbonyl (C=O) groups excluding carboxylic acids is 1. The van der Waals surface area contributed by atoms with E-state index in [4.69, 9.17) is 23.2 Å². The Morgan fingerprint density at radius 3 is 2.69 bits per heavy atom. The second kappa shape index (κ2) is 4.58. The molecule has 0 fully saturated rings. The van der Waals surface area contributed by atoms with E-state index in [1.54, 1.807) is 0 Å². The molecule has 4 heteroatoms. The molecular formula is C9H7Cl2FO. The van der Waals surface area contributed by atoms with Crippen molar-refractivity contribution < 1.29 is 9.18 Å². The molecule has 1 aromatic rings. The molecule has 70 valence electrons. The molecule has 0 spiro atoms. The normalized spacial score (nSPS) is 10.1. The second-order valence-corrected chi connectivity index (χ2v) is 3.24. The zero-order valence-corrected chi connectivity index (χ0v) is 8.20. The maximum absolute atomic E-state index is 13.1. The quantitative estimate of drug-likeness (QED) is 0.565. The van der Waals surface area contributed by atoms with Crippen molar-refractivity contribution in [1.29, 1.82) is 0 Å². The maximum atomic E-state index is 13.1. The Kier molecular flexibility index (Phi) is 3.70. The molecule has 0 unspecified atom stereocenters. The predicted molar refractivity (Wildman–Crippen MR) is 51.1 cm³/mol. The minimum absolute atomic E-state index is 0.0650. The summed E-state index contributed by atoms with van der Waals surface area (Å²) in [6.07, 6.45) is 0.0994. The van der Waals surface area contributed by atoms with E-state index >= 15 is 0 Å². The lowest BCUT2D eigenvalue weighted by molar-refractivity contribution is 0.0985. The van der Waals surface area contributed by atoms with Crippen LogP contribution in [0.5, 0.6) is 0 Å². The summed E-state index contributed by atoms with van der Waals surface area (Å²) in [6.45, 7) is 0. The van der Waals surface area contributed by atoms with Crippen LogP contribution in [-0.4, -0.2) is 11.7 Å². The number of halogens is 3.